The smallest absolute Gasteiger partial charge is 0.0559 e. The van der Waals surface area contributed by atoms with Crippen LogP contribution < -0.4 is 5.32 Å². The molecule has 0 saturated carbocycles. The van der Waals surface area contributed by atoms with E-state index in [-0.39, 0.29) is 0 Å². The summed E-state index contributed by atoms with van der Waals surface area (Å²) in [6, 6.07) is 0.572. The maximum absolute atomic E-state index is 5.44. The molecule has 2 rings (SSSR count). The summed E-state index contributed by atoms with van der Waals surface area (Å²) in [5, 5.41) is 3.56. The molecule has 2 saturated heterocycles. The van der Waals surface area contributed by atoms with Gasteiger partial charge in [0, 0.05) is 31.2 Å². The zero-order valence-electron chi connectivity index (χ0n) is 9.92. The summed E-state index contributed by atoms with van der Waals surface area (Å²) < 4.78 is 10.9. The van der Waals surface area contributed by atoms with Crippen LogP contribution >= 0.6 is 0 Å². The van der Waals surface area contributed by atoms with Crippen molar-refractivity contribution in [2.24, 2.45) is 11.3 Å². The summed E-state index contributed by atoms with van der Waals surface area (Å²) >= 11 is 0. The van der Waals surface area contributed by atoms with Crippen molar-refractivity contribution in [2.75, 3.05) is 33.0 Å². The fraction of sp³-hybridized carbons (Fsp3) is 1.00. The molecule has 3 heteroatoms. The lowest BCUT2D eigenvalue weighted by molar-refractivity contribution is -0.160. The van der Waals surface area contributed by atoms with Gasteiger partial charge >= 0.3 is 0 Å². The van der Waals surface area contributed by atoms with Crippen molar-refractivity contribution in [3.8, 4) is 0 Å². The van der Waals surface area contributed by atoms with Gasteiger partial charge in [-0.05, 0) is 18.8 Å². The third-order valence-electron chi connectivity index (χ3n) is 3.73. The summed E-state index contributed by atoms with van der Waals surface area (Å²) in [4.78, 5) is 0. The molecule has 2 aliphatic rings. The zero-order valence-corrected chi connectivity index (χ0v) is 9.92. The molecular formula is C12H23NO2. The average Bonchev–Trinajstić information content (AvgIpc) is 2.17. The summed E-state index contributed by atoms with van der Waals surface area (Å²) in [6.45, 7) is 9.28. The number of rotatable bonds is 4. The average molecular weight is 213 g/mol. The van der Waals surface area contributed by atoms with Gasteiger partial charge in [0.25, 0.3) is 0 Å². The topological polar surface area (TPSA) is 30.5 Å². The molecule has 1 N–H and O–H groups in total. The van der Waals surface area contributed by atoms with E-state index in [0.29, 0.717) is 11.5 Å². The maximum Gasteiger partial charge on any atom is 0.0559 e. The van der Waals surface area contributed by atoms with Crippen molar-refractivity contribution in [1.29, 1.82) is 0 Å². The largest absolute Gasteiger partial charge is 0.381 e. The molecule has 15 heavy (non-hydrogen) atoms. The van der Waals surface area contributed by atoms with Crippen molar-refractivity contribution >= 4 is 0 Å². The van der Waals surface area contributed by atoms with E-state index in [2.05, 4.69) is 19.2 Å². The SMILES string of the molecule is CC(C)NCC1(C2CCOCC2)COC1. The predicted molar refractivity (Wildman–Crippen MR) is 59.9 cm³/mol. The van der Waals surface area contributed by atoms with E-state index in [0.717, 1.165) is 38.9 Å². The highest BCUT2D eigenvalue weighted by molar-refractivity contribution is 4.94. The van der Waals surface area contributed by atoms with Crippen molar-refractivity contribution in [3.63, 3.8) is 0 Å². The van der Waals surface area contributed by atoms with Crippen LogP contribution in [0.5, 0.6) is 0 Å². The number of hydrogen-bond acceptors (Lipinski definition) is 3. The van der Waals surface area contributed by atoms with Crippen LogP contribution in [0.2, 0.25) is 0 Å². The Labute approximate surface area is 92.5 Å². The Morgan fingerprint density at radius 2 is 1.87 bits per heavy atom. The minimum Gasteiger partial charge on any atom is -0.381 e. The van der Waals surface area contributed by atoms with Gasteiger partial charge in [-0.1, -0.05) is 13.8 Å². The quantitative estimate of drug-likeness (QED) is 0.766. The molecule has 0 spiro atoms. The normalized spacial score (nSPS) is 26.6. The minimum absolute atomic E-state index is 0.411. The molecule has 0 radical (unpaired) electrons. The van der Waals surface area contributed by atoms with Crippen LogP contribution in [0.1, 0.15) is 26.7 Å². The first-order valence-corrected chi connectivity index (χ1v) is 6.12. The summed E-state index contributed by atoms with van der Waals surface area (Å²) in [5.74, 6) is 0.797. The molecule has 2 fully saturated rings. The van der Waals surface area contributed by atoms with Gasteiger partial charge < -0.3 is 14.8 Å². The molecule has 0 aliphatic carbocycles. The second kappa shape index (κ2) is 4.81. The summed E-state index contributed by atoms with van der Waals surface area (Å²) in [7, 11) is 0. The fourth-order valence-corrected chi connectivity index (χ4v) is 2.56. The van der Waals surface area contributed by atoms with Crippen molar-refractivity contribution < 1.29 is 9.47 Å². The predicted octanol–water partition coefficient (Wildman–Crippen LogP) is 1.43. The van der Waals surface area contributed by atoms with Crippen LogP contribution in [-0.2, 0) is 9.47 Å². The highest BCUT2D eigenvalue weighted by atomic mass is 16.5. The lowest BCUT2D eigenvalue weighted by atomic mass is 9.70. The number of hydrogen-bond donors (Lipinski definition) is 1. The van der Waals surface area contributed by atoms with Gasteiger partial charge in [0.1, 0.15) is 0 Å². The van der Waals surface area contributed by atoms with E-state index in [1.165, 1.54) is 12.8 Å². The zero-order chi connectivity index (χ0) is 10.7. The van der Waals surface area contributed by atoms with Crippen LogP contribution in [-0.4, -0.2) is 39.0 Å². The molecule has 0 aromatic heterocycles. The molecule has 3 nitrogen and oxygen atoms in total. The first kappa shape index (κ1) is 11.4. The third-order valence-corrected chi connectivity index (χ3v) is 3.73. The molecule has 0 aromatic rings. The molecule has 88 valence electrons. The van der Waals surface area contributed by atoms with Gasteiger partial charge in [-0.3, -0.25) is 0 Å². The Balaban J connectivity index is 1.88. The van der Waals surface area contributed by atoms with Gasteiger partial charge in [0.2, 0.25) is 0 Å². The molecule has 0 amide bonds. The Morgan fingerprint density at radius 1 is 1.20 bits per heavy atom. The first-order valence-electron chi connectivity index (χ1n) is 6.12. The Bertz CT molecular complexity index is 196. The Kier molecular flexibility index (Phi) is 3.65. The van der Waals surface area contributed by atoms with E-state index < -0.39 is 0 Å². The van der Waals surface area contributed by atoms with Crippen LogP contribution in [0.25, 0.3) is 0 Å². The maximum atomic E-state index is 5.44. The van der Waals surface area contributed by atoms with E-state index >= 15 is 0 Å². The van der Waals surface area contributed by atoms with Crippen molar-refractivity contribution in [3.05, 3.63) is 0 Å². The van der Waals surface area contributed by atoms with E-state index in [1.54, 1.807) is 0 Å². The Hall–Kier alpha value is -0.120. The minimum atomic E-state index is 0.411. The molecule has 0 atom stereocenters. The second-order valence-corrected chi connectivity index (χ2v) is 5.28. The van der Waals surface area contributed by atoms with Gasteiger partial charge in [-0.15, -0.1) is 0 Å². The van der Waals surface area contributed by atoms with E-state index in [1.807, 2.05) is 0 Å². The lowest BCUT2D eigenvalue weighted by Gasteiger charge is -2.49. The molecular weight excluding hydrogens is 190 g/mol. The lowest BCUT2D eigenvalue weighted by Crippen LogP contribution is -2.56. The van der Waals surface area contributed by atoms with Crippen molar-refractivity contribution in [1.82, 2.24) is 5.32 Å². The standard InChI is InChI=1S/C12H23NO2/c1-10(2)13-7-12(8-15-9-12)11-3-5-14-6-4-11/h10-11,13H,3-9H2,1-2H3. The molecule has 0 aromatic carbocycles. The van der Waals surface area contributed by atoms with Gasteiger partial charge in [0.05, 0.1) is 13.2 Å². The third kappa shape index (κ3) is 2.52. The van der Waals surface area contributed by atoms with Gasteiger partial charge in [0.15, 0.2) is 0 Å². The van der Waals surface area contributed by atoms with Crippen LogP contribution in [0.3, 0.4) is 0 Å². The molecule has 2 aliphatic heterocycles. The van der Waals surface area contributed by atoms with Gasteiger partial charge in [-0.2, -0.15) is 0 Å². The second-order valence-electron chi connectivity index (χ2n) is 5.28. The molecule has 0 unspecified atom stereocenters. The number of nitrogens with one attached hydrogen (secondary N) is 1. The Morgan fingerprint density at radius 3 is 2.33 bits per heavy atom. The highest BCUT2D eigenvalue weighted by Gasteiger charge is 2.45. The van der Waals surface area contributed by atoms with Crippen LogP contribution in [0.4, 0.5) is 0 Å². The number of ether oxygens (including phenoxy) is 2. The van der Waals surface area contributed by atoms with E-state index in [9.17, 15) is 0 Å². The molecule has 2 heterocycles. The van der Waals surface area contributed by atoms with Crippen molar-refractivity contribution in [2.45, 2.75) is 32.7 Å². The summed E-state index contributed by atoms with van der Waals surface area (Å²) in [6.07, 6.45) is 2.42. The van der Waals surface area contributed by atoms with Crippen LogP contribution in [0, 0.1) is 11.3 Å². The monoisotopic (exact) mass is 213 g/mol. The molecule has 0 bridgehead atoms. The summed E-state index contributed by atoms with van der Waals surface area (Å²) in [5.41, 5.74) is 0.411. The first-order chi connectivity index (χ1) is 7.23. The van der Waals surface area contributed by atoms with Gasteiger partial charge in [-0.25, -0.2) is 0 Å². The van der Waals surface area contributed by atoms with Crippen LogP contribution in [0.15, 0.2) is 0 Å². The fourth-order valence-electron chi connectivity index (χ4n) is 2.56. The van der Waals surface area contributed by atoms with E-state index in [4.69, 9.17) is 9.47 Å². The highest BCUT2D eigenvalue weighted by Crippen LogP contribution is 2.40.